The van der Waals surface area contributed by atoms with E-state index in [-0.39, 0.29) is 37.1 Å². The average molecular weight is 443 g/mol. The number of hydrogen-bond donors (Lipinski definition) is 2. The fourth-order valence-corrected chi connectivity index (χ4v) is 3.99. The zero-order valence-electron chi connectivity index (χ0n) is 16.9. The normalized spacial score (nSPS) is 15.6. The van der Waals surface area contributed by atoms with Crippen molar-refractivity contribution in [2.75, 3.05) is 47.9 Å². The number of nitrogens with zero attached hydrogens (tertiary/aromatic N) is 2. The Hall–Kier alpha value is -3.26. The second kappa shape index (κ2) is 9.26. The number of piperazine rings is 1. The topological polar surface area (TPSA) is 91.0 Å². The van der Waals surface area contributed by atoms with Gasteiger partial charge in [-0.1, -0.05) is 23.7 Å². The third kappa shape index (κ3) is 4.91. The van der Waals surface area contributed by atoms with E-state index in [0.29, 0.717) is 42.7 Å². The highest BCUT2D eigenvalue weighted by Gasteiger charge is 2.24. The SMILES string of the molecule is O=C1CN(c2ccc(NC(=O)CCC(=O)N3CCOc4ccccc43)cc2Cl)CCN1. The lowest BCUT2D eigenvalue weighted by molar-refractivity contribution is -0.122. The van der Waals surface area contributed by atoms with E-state index < -0.39 is 0 Å². The second-order valence-electron chi connectivity index (χ2n) is 7.35. The van der Waals surface area contributed by atoms with Crippen LogP contribution in [-0.2, 0) is 14.4 Å². The van der Waals surface area contributed by atoms with E-state index in [2.05, 4.69) is 10.6 Å². The first kappa shape index (κ1) is 21.0. The lowest BCUT2D eigenvalue weighted by Gasteiger charge is -2.29. The van der Waals surface area contributed by atoms with Crippen LogP contribution >= 0.6 is 11.6 Å². The number of halogens is 1. The number of nitrogens with one attached hydrogen (secondary N) is 2. The van der Waals surface area contributed by atoms with Crippen molar-refractivity contribution >= 4 is 46.4 Å². The van der Waals surface area contributed by atoms with Crippen molar-refractivity contribution in [2.45, 2.75) is 12.8 Å². The highest BCUT2D eigenvalue weighted by molar-refractivity contribution is 6.33. The maximum atomic E-state index is 12.6. The first-order chi connectivity index (χ1) is 15.0. The zero-order chi connectivity index (χ0) is 21.8. The summed E-state index contributed by atoms with van der Waals surface area (Å²) in [5, 5.41) is 6.01. The number of carbonyl (C=O) groups excluding carboxylic acids is 3. The molecule has 0 aromatic heterocycles. The number of fused-ring (bicyclic) bond motifs is 1. The molecule has 0 aliphatic carbocycles. The van der Waals surface area contributed by atoms with Crippen molar-refractivity contribution in [3.05, 3.63) is 47.5 Å². The van der Waals surface area contributed by atoms with Gasteiger partial charge in [0, 0.05) is 31.6 Å². The molecule has 1 fully saturated rings. The molecule has 0 saturated carbocycles. The summed E-state index contributed by atoms with van der Waals surface area (Å²) in [6.07, 6.45) is 0.152. The number of para-hydroxylation sites is 2. The summed E-state index contributed by atoms with van der Waals surface area (Å²) >= 11 is 6.37. The van der Waals surface area contributed by atoms with Crippen LogP contribution in [0.1, 0.15) is 12.8 Å². The van der Waals surface area contributed by atoms with Crippen LogP contribution < -0.4 is 25.2 Å². The van der Waals surface area contributed by atoms with E-state index >= 15 is 0 Å². The van der Waals surface area contributed by atoms with Gasteiger partial charge in [-0.05, 0) is 30.3 Å². The number of carbonyl (C=O) groups is 3. The van der Waals surface area contributed by atoms with Gasteiger partial charge in [-0.3, -0.25) is 14.4 Å². The molecule has 0 bridgehead atoms. The van der Waals surface area contributed by atoms with Crippen LogP contribution in [0.2, 0.25) is 5.02 Å². The molecule has 0 unspecified atom stereocenters. The van der Waals surface area contributed by atoms with Gasteiger partial charge < -0.3 is 25.2 Å². The highest BCUT2D eigenvalue weighted by atomic mass is 35.5. The highest BCUT2D eigenvalue weighted by Crippen LogP contribution is 2.32. The monoisotopic (exact) mass is 442 g/mol. The number of benzene rings is 2. The predicted octanol–water partition coefficient (Wildman–Crippen LogP) is 2.42. The van der Waals surface area contributed by atoms with Gasteiger partial charge in [0.1, 0.15) is 12.4 Å². The molecule has 9 heteroatoms. The first-order valence-corrected chi connectivity index (χ1v) is 10.5. The van der Waals surface area contributed by atoms with Crippen LogP contribution in [0.4, 0.5) is 17.1 Å². The number of ether oxygens (including phenoxy) is 1. The van der Waals surface area contributed by atoms with Crippen LogP contribution in [0.3, 0.4) is 0 Å². The molecule has 0 atom stereocenters. The Morgan fingerprint density at radius 1 is 1.10 bits per heavy atom. The maximum absolute atomic E-state index is 12.6. The summed E-state index contributed by atoms with van der Waals surface area (Å²) in [6.45, 7) is 2.37. The van der Waals surface area contributed by atoms with Crippen molar-refractivity contribution in [2.24, 2.45) is 0 Å². The average Bonchev–Trinajstić information content (AvgIpc) is 2.77. The zero-order valence-corrected chi connectivity index (χ0v) is 17.7. The Labute approximate surface area is 185 Å². The summed E-state index contributed by atoms with van der Waals surface area (Å²) in [7, 11) is 0. The summed E-state index contributed by atoms with van der Waals surface area (Å²) in [5.41, 5.74) is 2.02. The van der Waals surface area contributed by atoms with Gasteiger partial charge in [0.15, 0.2) is 0 Å². The third-order valence-corrected chi connectivity index (χ3v) is 5.51. The Bertz CT molecular complexity index is 1010. The van der Waals surface area contributed by atoms with Gasteiger partial charge in [-0.15, -0.1) is 0 Å². The largest absolute Gasteiger partial charge is 0.490 e. The lowest BCUT2D eigenvalue weighted by atomic mass is 10.2. The minimum absolute atomic E-state index is 0.0488. The van der Waals surface area contributed by atoms with Gasteiger partial charge in [-0.2, -0.15) is 0 Å². The summed E-state index contributed by atoms with van der Waals surface area (Å²) < 4.78 is 5.57. The van der Waals surface area contributed by atoms with Crippen LogP contribution in [0.5, 0.6) is 5.75 Å². The molecule has 0 spiro atoms. The van der Waals surface area contributed by atoms with Crippen molar-refractivity contribution in [1.82, 2.24) is 5.32 Å². The predicted molar refractivity (Wildman–Crippen MR) is 119 cm³/mol. The molecule has 2 aliphatic heterocycles. The molecule has 8 nitrogen and oxygen atoms in total. The van der Waals surface area contributed by atoms with Crippen LogP contribution in [0, 0.1) is 0 Å². The number of hydrogen-bond acceptors (Lipinski definition) is 5. The molecule has 2 aliphatic rings. The molecule has 31 heavy (non-hydrogen) atoms. The molecule has 2 aromatic rings. The Morgan fingerprint density at radius 2 is 1.94 bits per heavy atom. The summed E-state index contributed by atoms with van der Waals surface area (Å²) in [4.78, 5) is 40.2. The molecule has 0 radical (unpaired) electrons. The van der Waals surface area contributed by atoms with E-state index in [9.17, 15) is 14.4 Å². The summed E-state index contributed by atoms with van der Waals surface area (Å²) in [5.74, 6) is 0.235. The molecule has 3 amide bonds. The fraction of sp³-hybridized carbons (Fsp3) is 0.318. The van der Waals surface area contributed by atoms with E-state index in [1.165, 1.54) is 0 Å². The second-order valence-corrected chi connectivity index (χ2v) is 7.75. The molecule has 162 valence electrons. The molecule has 2 aromatic carbocycles. The molecule has 2 N–H and O–H groups in total. The van der Waals surface area contributed by atoms with Crippen LogP contribution in [0.15, 0.2) is 42.5 Å². The van der Waals surface area contributed by atoms with Crippen LogP contribution in [-0.4, -0.2) is 50.5 Å². The van der Waals surface area contributed by atoms with Gasteiger partial charge in [-0.25, -0.2) is 0 Å². The standard InChI is InChI=1S/C22H23ClN4O4/c23-16-13-15(5-6-17(16)26-10-9-24-21(29)14-26)25-20(28)7-8-22(30)27-11-12-31-19-4-2-1-3-18(19)27/h1-6,13H,7-12,14H2,(H,24,29)(H,25,28). The third-order valence-electron chi connectivity index (χ3n) is 5.21. The Balaban J connectivity index is 1.32. The quantitative estimate of drug-likeness (QED) is 0.742. The number of rotatable bonds is 5. The van der Waals surface area contributed by atoms with Gasteiger partial charge in [0.05, 0.1) is 29.5 Å². The van der Waals surface area contributed by atoms with E-state index in [0.717, 1.165) is 11.4 Å². The van der Waals surface area contributed by atoms with E-state index in [1.807, 2.05) is 29.2 Å². The maximum Gasteiger partial charge on any atom is 0.239 e. The van der Waals surface area contributed by atoms with Crippen molar-refractivity contribution in [3.8, 4) is 5.75 Å². The van der Waals surface area contributed by atoms with Gasteiger partial charge >= 0.3 is 0 Å². The van der Waals surface area contributed by atoms with Crippen molar-refractivity contribution in [1.29, 1.82) is 0 Å². The number of anilines is 3. The lowest BCUT2D eigenvalue weighted by Crippen LogP contribution is -2.47. The minimum atomic E-state index is -0.268. The fourth-order valence-electron chi connectivity index (χ4n) is 3.69. The molecule has 1 saturated heterocycles. The minimum Gasteiger partial charge on any atom is -0.490 e. The Kier molecular flexibility index (Phi) is 6.27. The van der Waals surface area contributed by atoms with Crippen molar-refractivity contribution in [3.63, 3.8) is 0 Å². The van der Waals surface area contributed by atoms with Crippen molar-refractivity contribution < 1.29 is 19.1 Å². The van der Waals surface area contributed by atoms with Crippen LogP contribution in [0.25, 0.3) is 0 Å². The molecular weight excluding hydrogens is 420 g/mol. The first-order valence-electron chi connectivity index (χ1n) is 10.1. The summed E-state index contributed by atoms with van der Waals surface area (Å²) in [6, 6.07) is 12.5. The number of amides is 3. The van der Waals surface area contributed by atoms with Gasteiger partial charge in [0.25, 0.3) is 0 Å². The van der Waals surface area contributed by atoms with Gasteiger partial charge in [0.2, 0.25) is 17.7 Å². The molecular formula is C22H23ClN4O4. The smallest absolute Gasteiger partial charge is 0.239 e. The van der Waals surface area contributed by atoms with E-state index in [4.69, 9.17) is 16.3 Å². The molecule has 4 rings (SSSR count). The van der Waals surface area contributed by atoms with E-state index in [1.54, 1.807) is 23.1 Å². The molecule has 2 heterocycles. The Morgan fingerprint density at radius 3 is 2.74 bits per heavy atom.